The van der Waals surface area contributed by atoms with Gasteiger partial charge in [-0.1, -0.05) is 35.2 Å². The largest absolute Gasteiger partial charge is 0.262 e. The molecule has 0 bridgehead atoms. The number of hydrogen-bond acceptors (Lipinski definition) is 2. The van der Waals surface area contributed by atoms with Gasteiger partial charge in [-0.25, -0.2) is 9.37 Å². The quantitative estimate of drug-likeness (QED) is 0.888. The highest BCUT2D eigenvalue weighted by Gasteiger charge is 2.20. The van der Waals surface area contributed by atoms with Crippen LogP contribution in [0.1, 0.15) is 43.8 Å². The summed E-state index contributed by atoms with van der Waals surface area (Å²) in [4.78, 5) is 4.54. The monoisotopic (exact) mass is 323 g/mol. The Bertz CT molecular complexity index is 576. The molecule has 0 spiro atoms. The van der Waals surface area contributed by atoms with Crippen molar-refractivity contribution in [2.24, 2.45) is 0 Å². The maximum atomic E-state index is 13.3. The molecule has 0 aliphatic heterocycles. The zero-order valence-electron chi connectivity index (χ0n) is 10.5. The average Bonchev–Trinajstić information content (AvgIpc) is 2.92. The molecule has 1 N–H and O–H groups in total. The molecule has 0 amide bonds. The Morgan fingerprint density at radius 3 is 2.79 bits per heavy atom. The number of nitrogens with one attached hydrogen (secondary N) is 1. The number of halogens is 2. The van der Waals surface area contributed by atoms with Gasteiger partial charge in [0.15, 0.2) is 5.82 Å². The Balaban J connectivity index is 1.89. The lowest BCUT2D eigenvalue weighted by Gasteiger charge is -2.18. The van der Waals surface area contributed by atoms with E-state index in [1.54, 1.807) is 6.07 Å². The summed E-state index contributed by atoms with van der Waals surface area (Å²) < 4.78 is 14.1. The molecule has 19 heavy (non-hydrogen) atoms. The van der Waals surface area contributed by atoms with Crippen molar-refractivity contribution in [2.75, 3.05) is 0 Å². The number of H-pyrrole nitrogens is 1. The first-order chi connectivity index (χ1) is 9.24. The molecule has 1 aromatic carbocycles. The van der Waals surface area contributed by atoms with E-state index in [9.17, 15) is 4.39 Å². The fraction of sp³-hybridized carbons (Fsp3) is 0.429. The Hall–Kier alpha value is -1.23. The van der Waals surface area contributed by atoms with Crippen molar-refractivity contribution in [1.29, 1.82) is 0 Å². The lowest BCUT2D eigenvalue weighted by Crippen LogP contribution is -2.06. The summed E-state index contributed by atoms with van der Waals surface area (Å²) in [6.07, 6.45) is 6.15. The van der Waals surface area contributed by atoms with Crippen LogP contribution in [0.3, 0.4) is 0 Å². The molecule has 3 nitrogen and oxygen atoms in total. The zero-order chi connectivity index (χ0) is 13.2. The molecule has 3 rings (SSSR count). The van der Waals surface area contributed by atoms with Gasteiger partial charge < -0.3 is 0 Å². The third-order valence-electron chi connectivity index (χ3n) is 3.66. The second-order valence-electron chi connectivity index (χ2n) is 5.00. The number of nitrogens with zero attached hydrogens (tertiary/aromatic N) is 2. The number of aromatic amines is 1. The number of hydrogen-bond donors (Lipinski definition) is 1. The summed E-state index contributed by atoms with van der Waals surface area (Å²) in [5.74, 6) is 1.70. The smallest absolute Gasteiger partial charge is 0.182 e. The molecule has 5 heteroatoms. The van der Waals surface area contributed by atoms with Crippen LogP contribution in [0.15, 0.2) is 22.7 Å². The molecule has 0 unspecified atom stereocenters. The van der Waals surface area contributed by atoms with Gasteiger partial charge in [0.2, 0.25) is 0 Å². The van der Waals surface area contributed by atoms with E-state index in [4.69, 9.17) is 0 Å². The maximum absolute atomic E-state index is 13.3. The van der Waals surface area contributed by atoms with Crippen molar-refractivity contribution in [3.05, 3.63) is 34.3 Å². The van der Waals surface area contributed by atoms with Crippen molar-refractivity contribution >= 4 is 15.9 Å². The Kier molecular flexibility index (Phi) is 3.64. The molecule has 1 heterocycles. The third-order valence-corrected chi connectivity index (χ3v) is 4.36. The normalized spacial score (nSPS) is 16.7. The molecular weight excluding hydrogens is 309 g/mol. The van der Waals surface area contributed by atoms with Crippen LogP contribution in [-0.2, 0) is 0 Å². The van der Waals surface area contributed by atoms with Crippen molar-refractivity contribution in [3.8, 4) is 11.4 Å². The lowest BCUT2D eigenvalue weighted by molar-refractivity contribution is 0.429. The van der Waals surface area contributed by atoms with Gasteiger partial charge in [0.05, 0.1) is 0 Å². The van der Waals surface area contributed by atoms with E-state index in [0.717, 1.165) is 10.3 Å². The van der Waals surface area contributed by atoms with Crippen LogP contribution < -0.4 is 0 Å². The molecule has 1 aliphatic rings. The SMILES string of the molecule is Fc1ccc(Br)c(-c2n[nH]c(C3CCCCC3)n2)c1. The van der Waals surface area contributed by atoms with E-state index in [1.165, 1.54) is 44.2 Å². The van der Waals surface area contributed by atoms with Crippen molar-refractivity contribution < 1.29 is 4.39 Å². The Morgan fingerprint density at radius 1 is 1.21 bits per heavy atom. The third kappa shape index (κ3) is 2.71. The van der Waals surface area contributed by atoms with Crippen LogP contribution in [0, 0.1) is 5.82 Å². The molecule has 1 aromatic heterocycles. The highest BCUT2D eigenvalue weighted by molar-refractivity contribution is 9.10. The Morgan fingerprint density at radius 2 is 2.00 bits per heavy atom. The molecule has 0 atom stereocenters. The topological polar surface area (TPSA) is 41.6 Å². The molecule has 2 aromatic rings. The summed E-state index contributed by atoms with van der Waals surface area (Å²) >= 11 is 3.41. The van der Waals surface area contributed by atoms with Crippen LogP contribution in [0.5, 0.6) is 0 Å². The summed E-state index contributed by atoms with van der Waals surface area (Å²) in [6.45, 7) is 0. The molecular formula is C14H15BrFN3. The van der Waals surface area contributed by atoms with Gasteiger partial charge in [0.25, 0.3) is 0 Å². The van der Waals surface area contributed by atoms with Crippen LogP contribution in [-0.4, -0.2) is 15.2 Å². The minimum Gasteiger partial charge on any atom is -0.262 e. The van der Waals surface area contributed by atoms with Gasteiger partial charge in [-0.2, -0.15) is 5.10 Å². The molecule has 100 valence electrons. The van der Waals surface area contributed by atoms with Crippen LogP contribution in [0.25, 0.3) is 11.4 Å². The van der Waals surface area contributed by atoms with Gasteiger partial charge in [-0.3, -0.25) is 5.10 Å². The number of rotatable bonds is 2. The minimum atomic E-state index is -0.276. The second-order valence-corrected chi connectivity index (χ2v) is 5.86. The van der Waals surface area contributed by atoms with E-state index in [1.807, 2.05) is 0 Å². The van der Waals surface area contributed by atoms with E-state index >= 15 is 0 Å². The predicted octanol–water partition coefficient (Wildman–Crippen LogP) is 4.42. The molecule has 1 fully saturated rings. The van der Waals surface area contributed by atoms with Gasteiger partial charge in [0.1, 0.15) is 11.6 Å². The van der Waals surface area contributed by atoms with Crippen molar-refractivity contribution in [3.63, 3.8) is 0 Å². The van der Waals surface area contributed by atoms with E-state index in [-0.39, 0.29) is 5.82 Å². The minimum absolute atomic E-state index is 0.276. The fourth-order valence-electron chi connectivity index (χ4n) is 2.62. The lowest BCUT2D eigenvalue weighted by atomic mass is 9.89. The van der Waals surface area contributed by atoms with E-state index in [0.29, 0.717) is 17.3 Å². The van der Waals surface area contributed by atoms with Gasteiger partial charge >= 0.3 is 0 Å². The van der Waals surface area contributed by atoms with E-state index in [2.05, 4.69) is 31.1 Å². The fourth-order valence-corrected chi connectivity index (χ4v) is 3.05. The highest BCUT2D eigenvalue weighted by atomic mass is 79.9. The first-order valence-electron chi connectivity index (χ1n) is 6.62. The van der Waals surface area contributed by atoms with Gasteiger partial charge in [-0.05, 0) is 31.0 Å². The summed E-state index contributed by atoms with van der Waals surface area (Å²) in [6, 6.07) is 4.56. The first-order valence-corrected chi connectivity index (χ1v) is 7.41. The van der Waals surface area contributed by atoms with Crippen LogP contribution in [0.2, 0.25) is 0 Å². The second kappa shape index (κ2) is 5.41. The average molecular weight is 324 g/mol. The summed E-state index contributed by atoms with van der Waals surface area (Å²) in [5.41, 5.74) is 0.693. The standard InChI is InChI=1S/C14H15BrFN3/c15-12-7-6-10(16)8-11(12)14-17-13(18-19-14)9-4-2-1-3-5-9/h6-9H,1-5H2,(H,17,18,19). The van der Waals surface area contributed by atoms with E-state index < -0.39 is 0 Å². The van der Waals surface area contributed by atoms with Gasteiger partial charge in [0, 0.05) is 16.0 Å². The number of aromatic nitrogens is 3. The number of benzene rings is 1. The van der Waals surface area contributed by atoms with Gasteiger partial charge in [-0.15, -0.1) is 0 Å². The van der Waals surface area contributed by atoms with Crippen LogP contribution >= 0.6 is 15.9 Å². The molecule has 1 aliphatic carbocycles. The van der Waals surface area contributed by atoms with Crippen LogP contribution in [0.4, 0.5) is 4.39 Å². The zero-order valence-corrected chi connectivity index (χ0v) is 12.1. The summed E-state index contributed by atoms with van der Waals surface area (Å²) in [5, 5.41) is 7.25. The molecule has 0 saturated heterocycles. The summed E-state index contributed by atoms with van der Waals surface area (Å²) in [7, 11) is 0. The Labute approximate surface area is 119 Å². The first kappa shape index (κ1) is 12.8. The molecule has 0 radical (unpaired) electrons. The molecule has 1 saturated carbocycles. The highest BCUT2D eigenvalue weighted by Crippen LogP contribution is 2.32. The van der Waals surface area contributed by atoms with Crippen molar-refractivity contribution in [2.45, 2.75) is 38.0 Å². The maximum Gasteiger partial charge on any atom is 0.182 e. The predicted molar refractivity (Wildman–Crippen MR) is 75.3 cm³/mol. The van der Waals surface area contributed by atoms with Crippen molar-refractivity contribution in [1.82, 2.24) is 15.2 Å².